The van der Waals surface area contributed by atoms with Crippen molar-refractivity contribution in [1.29, 1.82) is 0 Å². The van der Waals surface area contributed by atoms with Crippen molar-refractivity contribution in [3.05, 3.63) is 11.9 Å². The number of hydrogen-bond donors (Lipinski definition) is 1. The fourth-order valence-corrected chi connectivity index (χ4v) is 2.91. The second-order valence-electron chi connectivity index (χ2n) is 6.09. The molecule has 1 saturated heterocycles. The summed E-state index contributed by atoms with van der Waals surface area (Å²) >= 11 is 0. The minimum atomic E-state index is -0.896. The Kier molecular flexibility index (Phi) is 3.78. The number of carbonyl (C=O) groups is 2. The summed E-state index contributed by atoms with van der Waals surface area (Å²) in [6.45, 7) is 7.61. The molecule has 0 aromatic carbocycles. The minimum absolute atomic E-state index is 0.0866. The minimum Gasteiger partial charge on any atom is -0.340 e. The lowest BCUT2D eigenvalue weighted by molar-refractivity contribution is -0.163. The summed E-state index contributed by atoms with van der Waals surface area (Å²) in [4.78, 5) is 27.1. The molecule has 0 unspecified atom stereocenters. The maximum Gasteiger partial charge on any atom is 0.249 e. The predicted molar refractivity (Wildman–Crippen MR) is 77.1 cm³/mol. The first-order valence-electron chi connectivity index (χ1n) is 7.26. The van der Waals surface area contributed by atoms with Crippen molar-refractivity contribution in [2.75, 3.05) is 0 Å². The third-order valence-electron chi connectivity index (χ3n) is 4.29. The van der Waals surface area contributed by atoms with Crippen molar-refractivity contribution in [3.63, 3.8) is 0 Å². The Morgan fingerprint density at radius 3 is 2.33 bits per heavy atom. The van der Waals surface area contributed by atoms with Gasteiger partial charge in [-0.05, 0) is 26.7 Å². The SMILES string of the molecule is CCC1(CC)C(=O)NC(C)(C)C(=O)N1Cc1cn(C)nn1. The Balaban J connectivity index is 2.43. The molecular weight excluding hydrogens is 270 g/mol. The van der Waals surface area contributed by atoms with Crippen LogP contribution in [0.5, 0.6) is 0 Å². The van der Waals surface area contributed by atoms with E-state index in [1.54, 1.807) is 36.7 Å². The van der Waals surface area contributed by atoms with Gasteiger partial charge in [-0.2, -0.15) is 0 Å². The highest BCUT2D eigenvalue weighted by Gasteiger charge is 2.53. The first kappa shape index (κ1) is 15.5. The van der Waals surface area contributed by atoms with Gasteiger partial charge in [0.1, 0.15) is 16.8 Å². The van der Waals surface area contributed by atoms with Crippen LogP contribution in [-0.4, -0.2) is 42.8 Å². The molecule has 2 amide bonds. The first-order valence-corrected chi connectivity index (χ1v) is 7.26. The molecule has 1 aromatic rings. The third-order valence-corrected chi connectivity index (χ3v) is 4.29. The lowest BCUT2D eigenvalue weighted by Gasteiger charge is -2.50. The van der Waals surface area contributed by atoms with E-state index in [0.717, 1.165) is 0 Å². The summed E-state index contributed by atoms with van der Waals surface area (Å²) in [5, 5.41) is 10.8. The maximum absolute atomic E-state index is 12.8. The van der Waals surface area contributed by atoms with Crippen LogP contribution in [0, 0.1) is 0 Å². The first-order chi connectivity index (χ1) is 9.76. The zero-order chi connectivity index (χ0) is 15.8. The van der Waals surface area contributed by atoms with Gasteiger partial charge in [-0.15, -0.1) is 5.10 Å². The van der Waals surface area contributed by atoms with E-state index in [1.807, 2.05) is 13.8 Å². The molecule has 0 atom stereocenters. The van der Waals surface area contributed by atoms with E-state index >= 15 is 0 Å². The van der Waals surface area contributed by atoms with Crippen molar-refractivity contribution in [3.8, 4) is 0 Å². The van der Waals surface area contributed by atoms with E-state index in [4.69, 9.17) is 0 Å². The Morgan fingerprint density at radius 1 is 1.24 bits per heavy atom. The Labute approximate surface area is 124 Å². The number of hydrogen-bond acceptors (Lipinski definition) is 4. The largest absolute Gasteiger partial charge is 0.340 e. The van der Waals surface area contributed by atoms with Gasteiger partial charge >= 0.3 is 0 Å². The molecular formula is C14H23N5O2. The van der Waals surface area contributed by atoms with Crippen LogP contribution in [0.4, 0.5) is 0 Å². The molecule has 1 aliphatic rings. The average Bonchev–Trinajstić information content (AvgIpc) is 2.82. The molecule has 2 heterocycles. The molecule has 1 N–H and O–H groups in total. The molecule has 21 heavy (non-hydrogen) atoms. The van der Waals surface area contributed by atoms with Crippen LogP contribution in [0.15, 0.2) is 6.20 Å². The highest BCUT2D eigenvalue weighted by Crippen LogP contribution is 2.33. The van der Waals surface area contributed by atoms with Gasteiger partial charge in [-0.25, -0.2) is 0 Å². The summed E-state index contributed by atoms with van der Waals surface area (Å²) in [5.74, 6) is -0.183. The number of piperazine rings is 1. The molecule has 0 spiro atoms. The second kappa shape index (κ2) is 5.13. The van der Waals surface area contributed by atoms with Crippen molar-refractivity contribution < 1.29 is 9.59 Å². The predicted octanol–water partition coefficient (Wildman–Crippen LogP) is 0.611. The number of rotatable bonds is 4. The van der Waals surface area contributed by atoms with Crippen LogP contribution in [0.3, 0.4) is 0 Å². The third kappa shape index (κ3) is 2.41. The monoisotopic (exact) mass is 293 g/mol. The standard InChI is InChI=1S/C14H23N5O2/c1-6-14(7-2)11(20)15-13(3,4)12(21)19(14)9-10-8-18(5)17-16-10/h8H,6-7,9H2,1-5H3,(H,15,20). The van der Waals surface area contributed by atoms with Crippen LogP contribution in [-0.2, 0) is 23.2 Å². The van der Waals surface area contributed by atoms with Gasteiger partial charge in [0, 0.05) is 13.2 Å². The van der Waals surface area contributed by atoms with Gasteiger partial charge in [0.25, 0.3) is 0 Å². The molecule has 116 valence electrons. The number of amides is 2. The molecule has 2 rings (SSSR count). The van der Waals surface area contributed by atoms with Crippen LogP contribution >= 0.6 is 0 Å². The summed E-state index contributed by atoms with van der Waals surface area (Å²) < 4.78 is 1.59. The highest BCUT2D eigenvalue weighted by atomic mass is 16.2. The number of nitrogens with one attached hydrogen (secondary N) is 1. The lowest BCUT2D eigenvalue weighted by Crippen LogP contribution is -2.73. The summed E-state index contributed by atoms with van der Waals surface area (Å²) in [6.07, 6.45) is 2.90. The molecule has 7 heteroatoms. The number of aromatic nitrogens is 3. The van der Waals surface area contributed by atoms with E-state index < -0.39 is 11.1 Å². The smallest absolute Gasteiger partial charge is 0.249 e. The number of aryl methyl sites for hydroxylation is 1. The quantitative estimate of drug-likeness (QED) is 0.882. The lowest BCUT2D eigenvalue weighted by atomic mass is 9.82. The van der Waals surface area contributed by atoms with Gasteiger partial charge in [0.05, 0.1) is 6.54 Å². The molecule has 1 fully saturated rings. The topological polar surface area (TPSA) is 80.1 Å². The van der Waals surface area contributed by atoms with E-state index in [1.165, 1.54) is 0 Å². The van der Waals surface area contributed by atoms with Crippen LogP contribution in [0.1, 0.15) is 46.2 Å². The summed E-state index contributed by atoms with van der Waals surface area (Å²) in [5.41, 5.74) is -1.03. The normalized spacial score (nSPS) is 20.5. The molecule has 0 aliphatic carbocycles. The van der Waals surface area contributed by atoms with Crippen LogP contribution in [0.2, 0.25) is 0 Å². The highest BCUT2D eigenvalue weighted by molar-refractivity contribution is 6.01. The molecule has 0 saturated carbocycles. The van der Waals surface area contributed by atoms with E-state index in [0.29, 0.717) is 25.1 Å². The van der Waals surface area contributed by atoms with Gasteiger partial charge in [-0.3, -0.25) is 14.3 Å². The molecule has 1 aromatic heterocycles. The fourth-order valence-electron chi connectivity index (χ4n) is 2.91. The molecule has 0 bridgehead atoms. The van der Waals surface area contributed by atoms with E-state index in [2.05, 4.69) is 15.6 Å². The van der Waals surface area contributed by atoms with Crippen LogP contribution in [0.25, 0.3) is 0 Å². The van der Waals surface area contributed by atoms with Gasteiger partial charge in [0.2, 0.25) is 11.8 Å². The fraction of sp³-hybridized carbons (Fsp3) is 0.714. The average molecular weight is 293 g/mol. The van der Waals surface area contributed by atoms with E-state index in [9.17, 15) is 9.59 Å². The summed E-state index contributed by atoms with van der Waals surface area (Å²) in [7, 11) is 1.78. The van der Waals surface area contributed by atoms with Crippen LogP contribution < -0.4 is 5.32 Å². The second-order valence-corrected chi connectivity index (χ2v) is 6.09. The maximum atomic E-state index is 12.8. The molecule has 7 nitrogen and oxygen atoms in total. The number of carbonyl (C=O) groups excluding carboxylic acids is 2. The zero-order valence-electron chi connectivity index (χ0n) is 13.3. The van der Waals surface area contributed by atoms with Crippen molar-refractivity contribution in [2.24, 2.45) is 7.05 Å². The zero-order valence-corrected chi connectivity index (χ0v) is 13.3. The van der Waals surface area contributed by atoms with Gasteiger partial charge < -0.3 is 10.2 Å². The van der Waals surface area contributed by atoms with E-state index in [-0.39, 0.29) is 11.8 Å². The van der Waals surface area contributed by atoms with Crippen molar-refractivity contribution >= 4 is 11.8 Å². The number of nitrogens with zero attached hydrogens (tertiary/aromatic N) is 4. The van der Waals surface area contributed by atoms with Gasteiger partial charge in [0.15, 0.2) is 0 Å². The molecule has 0 radical (unpaired) electrons. The van der Waals surface area contributed by atoms with Crippen molar-refractivity contribution in [1.82, 2.24) is 25.2 Å². The molecule has 1 aliphatic heterocycles. The summed E-state index contributed by atoms with van der Waals surface area (Å²) in [6, 6.07) is 0. The Morgan fingerprint density at radius 2 is 1.86 bits per heavy atom. The Hall–Kier alpha value is -1.92. The van der Waals surface area contributed by atoms with Gasteiger partial charge in [-0.1, -0.05) is 19.1 Å². The van der Waals surface area contributed by atoms with Crippen molar-refractivity contribution in [2.45, 2.75) is 58.2 Å². The Bertz CT molecular complexity index is 559.